The molecule has 0 heterocycles. The fraction of sp³-hybridized carbons (Fsp3) is 0.571. The molecule has 0 aromatic heterocycles. The van der Waals surface area contributed by atoms with Crippen molar-refractivity contribution in [1.29, 1.82) is 0 Å². The maximum absolute atomic E-state index is 12.2. The highest BCUT2D eigenvalue weighted by Crippen LogP contribution is 2.13. The predicted octanol–water partition coefficient (Wildman–Crippen LogP) is 4.51. The molecule has 1 nitrogen and oxygen atoms in total. The van der Waals surface area contributed by atoms with E-state index in [9.17, 15) is 4.39 Å². The van der Waals surface area contributed by atoms with Gasteiger partial charge >= 0.3 is 0 Å². The number of benzene rings is 1. The van der Waals surface area contributed by atoms with E-state index in [2.05, 4.69) is 6.92 Å². The number of alkyl halides is 1. The van der Waals surface area contributed by atoms with E-state index >= 15 is 0 Å². The van der Waals surface area contributed by atoms with Gasteiger partial charge in [-0.1, -0.05) is 44.7 Å². The number of halogens is 1. The van der Waals surface area contributed by atoms with E-state index in [1.807, 2.05) is 12.1 Å². The molecule has 0 amide bonds. The average Bonchev–Trinajstić information content (AvgIpc) is 2.34. The second-order valence-electron chi connectivity index (χ2n) is 4.04. The lowest BCUT2D eigenvalue weighted by molar-refractivity contribution is 0.304. The van der Waals surface area contributed by atoms with Crippen LogP contribution in [0.15, 0.2) is 24.3 Å². The van der Waals surface area contributed by atoms with Gasteiger partial charge in [-0.05, 0) is 24.1 Å². The van der Waals surface area contributed by atoms with Gasteiger partial charge in [-0.3, -0.25) is 0 Å². The lowest BCUT2D eigenvalue weighted by Gasteiger charge is -2.06. The Bertz CT molecular complexity index is 269. The summed E-state index contributed by atoms with van der Waals surface area (Å²) in [5, 5.41) is 0. The minimum absolute atomic E-state index is 0.405. The topological polar surface area (TPSA) is 9.23 Å². The van der Waals surface area contributed by atoms with Gasteiger partial charge < -0.3 is 4.74 Å². The third-order valence-electron chi connectivity index (χ3n) is 2.59. The zero-order valence-electron chi connectivity index (χ0n) is 10.0. The van der Waals surface area contributed by atoms with Gasteiger partial charge in [-0.25, -0.2) is 4.39 Å². The van der Waals surface area contributed by atoms with Crippen LogP contribution in [0.2, 0.25) is 0 Å². The molecule has 1 aromatic carbocycles. The molecule has 1 aromatic rings. The molecule has 0 saturated carbocycles. The number of hydrogen-bond acceptors (Lipinski definition) is 1. The smallest absolute Gasteiger partial charge is 0.119 e. The van der Waals surface area contributed by atoms with Crippen molar-refractivity contribution < 1.29 is 9.13 Å². The standard InChI is InChI=1S/C14H21FO/c1-2-3-4-5-6-11-16-14-9-7-13(12-15)8-10-14/h7-10H,2-6,11-12H2,1H3. The second-order valence-corrected chi connectivity index (χ2v) is 4.04. The Morgan fingerprint density at radius 3 is 2.31 bits per heavy atom. The zero-order chi connectivity index (χ0) is 11.6. The predicted molar refractivity (Wildman–Crippen MR) is 65.5 cm³/mol. The van der Waals surface area contributed by atoms with E-state index in [0.29, 0.717) is 5.56 Å². The first-order valence-electron chi connectivity index (χ1n) is 6.14. The van der Waals surface area contributed by atoms with Crippen molar-refractivity contribution in [2.75, 3.05) is 6.61 Å². The van der Waals surface area contributed by atoms with Gasteiger partial charge in [0.05, 0.1) is 6.61 Å². The Morgan fingerprint density at radius 1 is 1.00 bits per heavy atom. The third-order valence-corrected chi connectivity index (χ3v) is 2.59. The van der Waals surface area contributed by atoms with Crippen molar-refractivity contribution in [3.05, 3.63) is 29.8 Å². The van der Waals surface area contributed by atoms with Gasteiger partial charge in [0.25, 0.3) is 0 Å². The van der Waals surface area contributed by atoms with Crippen LogP contribution < -0.4 is 4.74 Å². The molecule has 0 aliphatic rings. The molecule has 16 heavy (non-hydrogen) atoms. The Balaban J connectivity index is 2.12. The van der Waals surface area contributed by atoms with Crippen LogP contribution in [0.1, 0.15) is 44.6 Å². The lowest BCUT2D eigenvalue weighted by Crippen LogP contribution is -1.97. The van der Waals surface area contributed by atoms with Crippen molar-refractivity contribution in [3.8, 4) is 5.75 Å². The summed E-state index contributed by atoms with van der Waals surface area (Å²) in [6.45, 7) is 2.57. The molecule has 0 radical (unpaired) electrons. The van der Waals surface area contributed by atoms with Crippen molar-refractivity contribution in [1.82, 2.24) is 0 Å². The molecule has 0 atom stereocenters. The number of hydrogen-bond donors (Lipinski definition) is 0. The van der Waals surface area contributed by atoms with Crippen LogP contribution >= 0.6 is 0 Å². The largest absolute Gasteiger partial charge is 0.494 e. The molecular weight excluding hydrogens is 203 g/mol. The highest BCUT2D eigenvalue weighted by Gasteiger charge is 1.95. The molecule has 0 spiro atoms. The molecular formula is C14H21FO. The van der Waals surface area contributed by atoms with Crippen molar-refractivity contribution in [2.24, 2.45) is 0 Å². The van der Waals surface area contributed by atoms with Crippen LogP contribution in [0, 0.1) is 0 Å². The molecule has 2 heteroatoms. The highest BCUT2D eigenvalue weighted by atomic mass is 19.1. The molecule has 0 bridgehead atoms. The monoisotopic (exact) mass is 224 g/mol. The summed E-state index contributed by atoms with van der Waals surface area (Å²) < 4.78 is 17.8. The van der Waals surface area contributed by atoms with Crippen LogP contribution in [0.3, 0.4) is 0 Å². The van der Waals surface area contributed by atoms with Crippen LogP contribution in [-0.2, 0) is 6.67 Å². The second kappa shape index (κ2) is 8.14. The summed E-state index contributed by atoms with van der Waals surface area (Å²) in [4.78, 5) is 0. The first kappa shape index (κ1) is 13.0. The Hall–Kier alpha value is -1.05. The van der Waals surface area contributed by atoms with E-state index in [1.165, 1.54) is 25.7 Å². The minimum atomic E-state index is -0.405. The summed E-state index contributed by atoms with van der Waals surface area (Å²) in [6.07, 6.45) is 6.21. The maximum Gasteiger partial charge on any atom is 0.119 e. The van der Waals surface area contributed by atoms with Crippen LogP contribution in [0.4, 0.5) is 4.39 Å². The van der Waals surface area contributed by atoms with Crippen molar-refractivity contribution in [3.63, 3.8) is 0 Å². The fourth-order valence-corrected chi connectivity index (χ4v) is 1.57. The summed E-state index contributed by atoms with van der Waals surface area (Å²) in [7, 11) is 0. The van der Waals surface area contributed by atoms with Gasteiger partial charge in [-0.2, -0.15) is 0 Å². The van der Waals surface area contributed by atoms with Gasteiger partial charge in [0, 0.05) is 0 Å². The molecule has 0 unspecified atom stereocenters. The molecule has 0 aliphatic heterocycles. The Labute approximate surface area is 97.6 Å². The molecule has 90 valence electrons. The number of unbranched alkanes of at least 4 members (excludes halogenated alkanes) is 4. The molecule has 0 saturated heterocycles. The van der Waals surface area contributed by atoms with E-state index in [0.717, 1.165) is 18.8 Å². The van der Waals surface area contributed by atoms with Gasteiger partial charge in [-0.15, -0.1) is 0 Å². The maximum atomic E-state index is 12.2. The average molecular weight is 224 g/mol. The molecule has 0 aliphatic carbocycles. The third kappa shape index (κ3) is 5.15. The minimum Gasteiger partial charge on any atom is -0.494 e. The van der Waals surface area contributed by atoms with Crippen LogP contribution in [0.5, 0.6) is 5.75 Å². The van der Waals surface area contributed by atoms with E-state index < -0.39 is 6.67 Å². The first-order chi connectivity index (χ1) is 7.86. The SMILES string of the molecule is CCCCCCCOc1ccc(CF)cc1. The van der Waals surface area contributed by atoms with Gasteiger partial charge in [0.2, 0.25) is 0 Å². The summed E-state index contributed by atoms with van der Waals surface area (Å²) >= 11 is 0. The molecule has 0 fully saturated rings. The molecule has 0 N–H and O–H groups in total. The van der Waals surface area contributed by atoms with E-state index in [1.54, 1.807) is 12.1 Å². The van der Waals surface area contributed by atoms with E-state index in [-0.39, 0.29) is 0 Å². The molecule has 1 rings (SSSR count). The summed E-state index contributed by atoms with van der Waals surface area (Å²) in [5.74, 6) is 0.840. The highest BCUT2D eigenvalue weighted by molar-refractivity contribution is 5.26. The van der Waals surface area contributed by atoms with Crippen molar-refractivity contribution in [2.45, 2.75) is 45.7 Å². The van der Waals surface area contributed by atoms with Crippen LogP contribution in [-0.4, -0.2) is 6.61 Å². The zero-order valence-corrected chi connectivity index (χ0v) is 10.0. The quantitative estimate of drug-likeness (QED) is 0.590. The summed E-state index contributed by atoms with van der Waals surface area (Å²) in [6, 6.07) is 7.21. The Kier molecular flexibility index (Phi) is 6.62. The lowest BCUT2D eigenvalue weighted by atomic mass is 10.2. The first-order valence-corrected chi connectivity index (χ1v) is 6.14. The van der Waals surface area contributed by atoms with Crippen LogP contribution in [0.25, 0.3) is 0 Å². The van der Waals surface area contributed by atoms with E-state index in [4.69, 9.17) is 4.74 Å². The van der Waals surface area contributed by atoms with Gasteiger partial charge in [0.15, 0.2) is 0 Å². The normalized spacial score (nSPS) is 10.4. The van der Waals surface area contributed by atoms with Crippen molar-refractivity contribution >= 4 is 0 Å². The summed E-state index contributed by atoms with van der Waals surface area (Å²) in [5.41, 5.74) is 0.704. The number of rotatable bonds is 8. The fourth-order valence-electron chi connectivity index (χ4n) is 1.57. The number of ether oxygens (including phenoxy) is 1. The Morgan fingerprint density at radius 2 is 1.69 bits per heavy atom. The van der Waals surface area contributed by atoms with Gasteiger partial charge in [0.1, 0.15) is 12.4 Å².